The standard InChI is InChI=1S/C18H28ClNO4S/c1-7-13(2)20(17(21)11-18(3,4)5)12-14-10-15(19)8-9-16(14)24-25(6,22)23/h8-10,13H,7,11-12H2,1-6H3/t13-/m0/s1. The molecule has 142 valence electrons. The molecule has 0 saturated carbocycles. The van der Waals surface area contributed by atoms with Crippen molar-refractivity contribution in [1.29, 1.82) is 0 Å². The molecular weight excluding hydrogens is 362 g/mol. The highest BCUT2D eigenvalue weighted by molar-refractivity contribution is 7.86. The van der Waals surface area contributed by atoms with Crippen LogP contribution in [-0.4, -0.2) is 31.5 Å². The zero-order valence-corrected chi connectivity index (χ0v) is 17.4. The van der Waals surface area contributed by atoms with E-state index in [2.05, 4.69) is 0 Å². The van der Waals surface area contributed by atoms with Gasteiger partial charge in [-0.2, -0.15) is 8.42 Å². The van der Waals surface area contributed by atoms with Crippen LogP contribution in [0.15, 0.2) is 18.2 Å². The third-order valence-electron chi connectivity index (χ3n) is 3.73. The number of amides is 1. The molecule has 0 N–H and O–H groups in total. The molecule has 0 spiro atoms. The van der Waals surface area contributed by atoms with Gasteiger partial charge >= 0.3 is 10.1 Å². The largest absolute Gasteiger partial charge is 0.382 e. The van der Waals surface area contributed by atoms with Crippen molar-refractivity contribution in [1.82, 2.24) is 4.90 Å². The fourth-order valence-electron chi connectivity index (χ4n) is 2.36. The minimum Gasteiger partial charge on any atom is -0.382 e. The molecule has 0 saturated heterocycles. The van der Waals surface area contributed by atoms with E-state index in [0.29, 0.717) is 17.0 Å². The fraction of sp³-hybridized carbons (Fsp3) is 0.611. The summed E-state index contributed by atoms with van der Waals surface area (Å²) in [6, 6.07) is 4.74. The topological polar surface area (TPSA) is 63.7 Å². The van der Waals surface area contributed by atoms with Gasteiger partial charge < -0.3 is 9.08 Å². The lowest BCUT2D eigenvalue weighted by Gasteiger charge is -2.32. The Morgan fingerprint density at radius 1 is 1.32 bits per heavy atom. The van der Waals surface area contributed by atoms with Crippen LogP contribution in [0.4, 0.5) is 0 Å². The summed E-state index contributed by atoms with van der Waals surface area (Å²) in [5.74, 6) is 0.218. The number of nitrogens with zero attached hydrogens (tertiary/aromatic N) is 1. The van der Waals surface area contributed by atoms with Crippen molar-refractivity contribution >= 4 is 27.6 Å². The van der Waals surface area contributed by atoms with E-state index in [0.717, 1.165) is 12.7 Å². The van der Waals surface area contributed by atoms with Crippen LogP contribution in [0, 0.1) is 5.41 Å². The third kappa shape index (κ3) is 7.65. The number of carbonyl (C=O) groups is 1. The van der Waals surface area contributed by atoms with Crippen molar-refractivity contribution in [2.45, 2.75) is 60.0 Å². The molecule has 25 heavy (non-hydrogen) atoms. The van der Waals surface area contributed by atoms with Crippen molar-refractivity contribution in [3.63, 3.8) is 0 Å². The molecule has 0 bridgehead atoms. The first kappa shape index (κ1) is 21.8. The van der Waals surface area contributed by atoms with Gasteiger partial charge in [-0.25, -0.2) is 0 Å². The van der Waals surface area contributed by atoms with Gasteiger partial charge in [-0.15, -0.1) is 0 Å². The number of hydrogen-bond acceptors (Lipinski definition) is 4. The molecule has 0 aliphatic rings. The molecule has 0 fully saturated rings. The normalized spacial score (nSPS) is 13.4. The summed E-state index contributed by atoms with van der Waals surface area (Å²) >= 11 is 6.06. The zero-order chi connectivity index (χ0) is 19.4. The van der Waals surface area contributed by atoms with Crippen molar-refractivity contribution in [3.8, 4) is 5.75 Å². The van der Waals surface area contributed by atoms with Crippen molar-refractivity contribution in [2.75, 3.05) is 6.26 Å². The molecule has 7 heteroatoms. The summed E-state index contributed by atoms with van der Waals surface area (Å²) in [7, 11) is -3.67. The van der Waals surface area contributed by atoms with Gasteiger partial charge in [0.05, 0.1) is 6.26 Å². The monoisotopic (exact) mass is 389 g/mol. The van der Waals surface area contributed by atoms with E-state index in [9.17, 15) is 13.2 Å². The average molecular weight is 390 g/mol. The molecule has 1 aromatic carbocycles. The van der Waals surface area contributed by atoms with Gasteiger partial charge in [0.1, 0.15) is 5.75 Å². The van der Waals surface area contributed by atoms with E-state index in [4.69, 9.17) is 15.8 Å². The first-order valence-corrected chi connectivity index (χ1v) is 10.5. The van der Waals surface area contributed by atoms with Crippen LogP contribution in [0.2, 0.25) is 5.02 Å². The highest BCUT2D eigenvalue weighted by Gasteiger charge is 2.25. The van der Waals surface area contributed by atoms with E-state index >= 15 is 0 Å². The fourth-order valence-corrected chi connectivity index (χ4v) is 3.05. The van der Waals surface area contributed by atoms with Crippen molar-refractivity contribution < 1.29 is 17.4 Å². The van der Waals surface area contributed by atoms with Crippen LogP contribution in [0.3, 0.4) is 0 Å². The maximum atomic E-state index is 12.8. The zero-order valence-electron chi connectivity index (χ0n) is 15.8. The smallest absolute Gasteiger partial charge is 0.306 e. The van der Waals surface area contributed by atoms with Crippen LogP contribution >= 0.6 is 11.6 Å². The Morgan fingerprint density at radius 3 is 2.40 bits per heavy atom. The van der Waals surface area contributed by atoms with Gasteiger partial charge in [0.2, 0.25) is 5.91 Å². The maximum absolute atomic E-state index is 12.8. The Hall–Kier alpha value is -1.27. The predicted octanol–water partition coefficient (Wildman–Crippen LogP) is 4.24. The summed E-state index contributed by atoms with van der Waals surface area (Å²) in [4.78, 5) is 14.5. The molecular formula is C18H28ClNO4S. The second kappa shape index (κ2) is 8.41. The van der Waals surface area contributed by atoms with E-state index < -0.39 is 10.1 Å². The van der Waals surface area contributed by atoms with Gasteiger partial charge in [-0.3, -0.25) is 4.79 Å². The predicted molar refractivity (Wildman–Crippen MR) is 101 cm³/mol. The van der Waals surface area contributed by atoms with Gasteiger partial charge in [-0.05, 0) is 37.0 Å². The average Bonchev–Trinajstić information content (AvgIpc) is 2.43. The second-order valence-electron chi connectivity index (χ2n) is 7.56. The first-order valence-electron chi connectivity index (χ1n) is 8.29. The molecule has 1 aromatic rings. The molecule has 0 unspecified atom stereocenters. The summed E-state index contributed by atoms with van der Waals surface area (Å²) in [6.07, 6.45) is 2.18. The van der Waals surface area contributed by atoms with E-state index in [1.54, 1.807) is 17.0 Å². The molecule has 0 aromatic heterocycles. The van der Waals surface area contributed by atoms with Gasteiger partial charge in [0.25, 0.3) is 0 Å². The Morgan fingerprint density at radius 2 is 1.92 bits per heavy atom. The number of benzene rings is 1. The molecule has 0 aliphatic heterocycles. The minimum absolute atomic E-state index is 0.0138. The second-order valence-corrected chi connectivity index (χ2v) is 9.57. The summed E-state index contributed by atoms with van der Waals surface area (Å²) in [6.45, 7) is 10.3. The summed E-state index contributed by atoms with van der Waals surface area (Å²) in [5, 5.41) is 0.461. The van der Waals surface area contributed by atoms with Crippen LogP contribution in [0.5, 0.6) is 5.75 Å². The lowest BCUT2D eigenvalue weighted by atomic mass is 9.91. The van der Waals surface area contributed by atoms with E-state index in [1.165, 1.54) is 6.07 Å². The molecule has 1 rings (SSSR count). The van der Waals surface area contributed by atoms with E-state index in [-0.39, 0.29) is 29.7 Å². The molecule has 5 nitrogen and oxygen atoms in total. The summed E-state index contributed by atoms with van der Waals surface area (Å²) < 4.78 is 28.1. The first-order chi connectivity index (χ1) is 11.3. The quantitative estimate of drug-likeness (QED) is 0.654. The molecule has 0 radical (unpaired) electrons. The molecule has 0 heterocycles. The lowest BCUT2D eigenvalue weighted by Crippen LogP contribution is -2.39. The number of hydrogen-bond donors (Lipinski definition) is 0. The Kier molecular flexibility index (Phi) is 7.32. The Labute approximate surface area is 156 Å². The molecule has 1 amide bonds. The molecule has 1 atom stereocenters. The molecule has 0 aliphatic carbocycles. The summed E-state index contributed by atoms with van der Waals surface area (Å²) in [5.41, 5.74) is 0.434. The lowest BCUT2D eigenvalue weighted by molar-refractivity contribution is -0.135. The van der Waals surface area contributed by atoms with E-state index in [1.807, 2.05) is 34.6 Å². The van der Waals surface area contributed by atoms with Gasteiger partial charge in [0, 0.05) is 29.6 Å². The van der Waals surface area contributed by atoms with Crippen LogP contribution in [0.25, 0.3) is 0 Å². The van der Waals surface area contributed by atoms with Gasteiger partial charge in [-0.1, -0.05) is 39.3 Å². The number of rotatable bonds is 7. The van der Waals surface area contributed by atoms with Crippen LogP contribution in [-0.2, 0) is 21.5 Å². The SMILES string of the molecule is CC[C@H](C)N(Cc1cc(Cl)ccc1OS(C)(=O)=O)C(=O)CC(C)(C)C. The minimum atomic E-state index is -3.67. The number of carbonyl (C=O) groups excluding carboxylic acids is 1. The van der Waals surface area contributed by atoms with Crippen LogP contribution in [0.1, 0.15) is 53.0 Å². The van der Waals surface area contributed by atoms with Crippen LogP contribution < -0.4 is 4.18 Å². The Bertz CT molecular complexity index is 710. The van der Waals surface area contributed by atoms with Crippen molar-refractivity contribution in [3.05, 3.63) is 28.8 Å². The van der Waals surface area contributed by atoms with Gasteiger partial charge in [0.15, 0.2) is 0 Å². The highest BCUT2D eigenvalue weighted by Crippen LogP contribution is 2.28. The highest BCUT2D eigenvalue weighted by atomic mass is 35.5. The Balaban J connectivity index is 3.19. The third-order valence-corrected chi connectivity index (χ3v) is 4.45. The maximum Gasteiger partial charge on any atom is 0.306 e. The van der Waals surface area contributed by atoms with Crippen molar-refractivity contribution in [2.24, 2.45) is 5.41 Å². The number of halogens is 1.